The van der Waals surface area contributed by atoms with Gasteiger partial charge in [0.05, 0.1) is 6.54 Å². The second kappa shape index (κ2) is 8.87. The van der Waals surface area contributed by atoms with Crippen molar-refractivity contribution in [2.45, 2.75) is 26.8 Å². The summed E-state index contributed by atoms with van der Waals surface area (Å²) >= 11 is 0. The molecule has 0 atom stereocenters. The van der Waals surface area contributed by atoms with Crippen LogP contribution in [0.5, 0.6) is 0 Å². The molecule has 0 aliphatic rings. The van der Waals surface area contributed by atoms with Gasteiger partial charge in [0.15, 0.2) is 0 Å². The molecular formula is C20H24N2O2. The number of benzene rings is 2. The monoisotopic (exact) mass is 324 g/mol. The first-order chi connectivity index (χ1) is 11.6. The molecule has 4 nitrogen and oxygen atoms in total. The van der Waals surface area contributed by atoms with Crippen molar-refractivity contribution >= 4 is 11.8 Å². The predicted octanol–water partition coefficient (Wildman–Crippen LogP) is 3.16. The molecule has 0 unspecified atom stereocenters. The summed E-state index contributed by atoms with van der Waals surface area (Å²) in [6.45, 7) is 5.23. The van der Waals surface area contributed by atoms with Crippen molar-refractivity contribution in [3.8, 4) is 0 Å². The summed E-state index contributed by atoms with van der Waals surface area (Å²) in [4.78, 5) is 26.4. The van der Waals surface area contributed by atoms with Gasteiger partial charge in [0.2, 0.25) is 5.91 Å². The lowest BCUT2D eigenvalue weighted by molar-refractivity contribution is -0.130. The normalized spacial score (nSPS) is 10.2. The number of hydrogen-bond acceptors (Lipinski definition) is 2. The smallest absolute Gasteiger partial charge is 0.251 e. The van der Waals surface area contributed by atoms with E-state index < -0.39 is 0 Å². The van der Waals surface area contributed by atoms with E-state index in [2.05, 4.69) is 5.32 Å². The quantitative estimate of drug-likeness (QED) is 0.850. The molecule has 0 radical (unpaired) electrons. The van der Waals surface area contributed by atoms with Crippen molar-refractivity contribution < 1.29 is 9.59 Å². The molecule has 0 aliphatic heterocycles. The number of hydrogen-bond donors (Lipinski definition) is 1. The minimum atomic E-state index is -0.219. The van der Waals surface area contributed by atoms with Crippen LogP contribution in [0.25, 0.3) is 0 Å². The lowest BCUT2D eigenvalue weighted by Crippen LogP contribution is -2.40. The van der Waals surface area contributed by atoms with Crippen molar-refractivity contribution in [2.24, 2.45) is 0 Å². The fourth-order valence-corrected chi connectivity index (χ4v) is 2.52. The molecule has 2 aromatic carbocycles. The van der Waals surface area contributed by atoms with E-state index in [1.165, 1.54) is 0 Å². The standard InChI is InChI=1S/C20H24N2O2/c1-3-12-22(15-17-9-5-4-6-10-17)19(23)14-21-20(24)18-11-7-8-16(2)13-18/h4-11,13H,3,12,14-15H2,1-2H3,(H,21,24). The largest absolute Gasteiger partial charge is 0.343 e. The van der Waals surface area contributed by atoms with Crippen molar-refractivity contribution in [3.05, 3.63) is 71.3 Å². The van der Waals surface area contributed by atoms with Crippen LogP contribution in [0, 0.1) is 6.92 Å². The Labute approximate surface area is 143 Å². The second-order valence-corrected chi connectivity index (χ2v) is 5.85. The maximum absolute atomic E-state index is 12.5. The first-order valence-electron chi connectivity index (χ1n) is 8.26. The molecule has 4 heteroatoms. The van der Waals surface area contributed by atoms with Gasteiger partial charge in [0.25, 0.3) is 5.91 Å². The summed E-state index contributed by atoms with van der Waals surface area (Å²) < 4.78 is 0. The molecular weight excluding hydrogens is 300 g/mol. The van der Waals surface area contributed by atoms with Gasteiger partial charge in [-0.25, -0.2) is 0 Å². The zero-order valence-corrected chi connectivity index (χ0v) is 14.3. The molecule has 0 heterocycles. The van der Waals surface area contributed by atoms with E-state index in [4.69, 9.17) is 0 Å². The van der Waals surface area contributed by atoms with Gasteiger partial charge in [-0.2, -0.15) is 0 Å². The SMILES string of the molecule is CCCN(Cc1ccccc1)C(=O)CNC(=O)c1cccc(C)c1. The van der Waals surface area contributed by atoms with Crippen LogP contribution in [0.4, 0.5) is 0 Å². The summed E-state index contributed by atoms with van der Waals surface area (Å²) in [7, 11) is 0. The van der Waals surface area contributed by atoms with E-state index in [0.717, 1.165) is 17.5 Å². The van der Waals surface area contributed by atoms with Crippen LogP contribution in [0.15, 0.2) is 54.6 Å². The molecule has 0 bridgehead atoms. The van der Waals surface area contributed by atoms with Crippen LogP contribution in [0.1, 0.15) is 34.8 Å². The highest BCUT2D eigenvalue weighted by molar-refractivity contribution is 5.96. The Morgan fingerprint density at radius 2 is 1.79 bits per heavy atom. The molecule has 2 rings (SSSR count). The maximum atomic E-state index is 12.5. The molecule has 2 aromatic rings. The Morgan fingerprint density at radius 1 is 1.04 bits per heavy atom. The zero-order valence-electron chi connectivity index (χ0n) is 14.3. The summed E-state index contributed by atoms with van der Waals surface area (Å²) in [6.07, 6.45) is 0.879. The Morgan fingerprint density at radius 3 is 2.46 bits per heavy atom. The molecule has 1 N–H and O–H groups in total. The van der Waals surface area contributed by atoms with Gasteiger partial charge in [-0.3, -0.25) is 9.59 Å². The van der Waals surface area contributed by atoms with Crippen LogP contribution >= 0.6 is 0 Å². The van der Waals surface area contributed by atoms with Crippen LogP contribution < -0.4 is 5.32 Å². The van der Waals surface area contributed by atoms with Crippen molar-refractivity contribution in [3.63, 3.8) is 0 Å². The topological polar surface area (TPSA) is 49.4 Å². The number of carbonyl (C=O) groups is 2. The van der Waals surface area contributed by atoms with Crippen molar-refractivity contribution in [1.29, 1.82) is 0 Å². The van der Waals surface area contributed by atoms with E-state index in [1.807, 2.05) is 62.4 Å². The summed E-state index contributed by atoms with van der Waals surface area (Å²) in [5.74, 6) is -0.287. The minimum absolute atomic E-state index is 0.0135. The maximum Gasteiger partial charge on any atom is 0.251 e. The van der Waals surface area contributed by atoms with Crippen LogP contribution in [0.3, 0.4) is 0 Å². The molecule has 0 spiro atoms. The van der Waals surface area contributed by atoms with Crippen LogP contribution in [0.2, 0.25) is 0 Å². The molecule has 0 saturated carbocycles. The molecule has 126 valence electrons. The van der Waals surface area contributed by atoms with Gasteiger partial charge < -0.3 is 10.2 Å². The first-order valence-corrected chi connectivity index (χ1v) is 8.26. The number of nitrogens with one attached hydrogen (secondary N) is 1. The number of amides is 2. The van der Waals surface area contributed by atoms with Gasteiger partial charge in [-0.05, 0) is 31.0 Å². The Kier molecular flexibility index (Phi) is 6.55. The third-order valence-corrected chi connectivity index (χ3v) is 3.74. The highest BCUT2D eigenvalue weighted by Crippen LogP contribution is 2.06. The summed E-state index contributed by atoms with van der Waals surface area (Å²) in [5.41, 5.74) is 2.68. The second-order valence-electron chi connectivity index (χ2n) is 5.85. The predicted molar refractivity (Wildman–Crippen MR) is 95.7 cm³/mol. The molecule has 0 aromatic heterocycles. The number of aryl methyl sites for hydroxylation is 1. The van der Waals surface area contributed by atoms with E-state index in [1.54, 1.807) is 11.0 Å². The lowest BCUT2D eigenvalue weighted by atomic mass is 10.1. The fourth-order valence-electron chi connectivity index (χ4n) is 2.52. The lowest BCUT2D eigenvalue weighted by Gasteiger charge is -2.22. The molecule has 0 fully saturated rings. The Balaban J connectivity index is 1.94. The highest BCUT2D eigenvalue weighted by Gasteiger charge is 2.15. The minimum Gasteiger partial charge on any atom is -0.343 e. The van der Waals surface area contributed by atoms with Gasteiger partial charge in [-0.15, -0.1) is 0 Å². The molecule has 0 aliphatic carbocycles. The number of rotatable bonds is 7. The first kappa shape index (κ1) is 17.7. The van der Waals surface area contributed by atoms with E-state index in [-0.39, 0.29) is 18.4 Å². The number of nitrogens with zero attached hydrogens (tertiary/aromatic N) is 1. The average molecular weight is 324 g/mol. The van der Waals surface area contributed by atoms with Gasteiger partial charge >= 0.3 is 0 Å². The third-order valence-electron chi connectivity index (χ3n) is 3.74. The van der Waals surface area contributed by atoms with Crippen LogP contribution in [-0.4, -0.2) is 29.8 Å². The molecule has 0 saturated heterocycles. The van der Waals surface area contributed by atoms with Crippen molar-refractivity contribution in [2.75, 3.05) is 13.1 Å². The number of carbonyl (C=O) groups excluding carboxylic acids is 2. The van der Waals surface area contributed by atoms with E-state index >= 15 is 0 Å². The van der Waals surface area contributed by atoms with Gasteiger partial charge in [0.1, 0.15) is 0 Å². The molecule has 24 heavy (non-hydrogen) atoms. The van der Waals surface area contributed by atoms with E-state index in [9.17, 15) is 9.59 Å². The van der Waals surface area contributed by atoms with Gasteiger partial charge in [0, 0.05) is 18.7 Å². The van der Waals surface area contributed by atoms with Gasteiger partial charge in [-0.1, -0.05) is 55.0 Å². The Hall–Kier alpha value is -2.62. The summed E-state index contributed by atoms with van der Waals surface area (Å²) in [5, 5.41) is 2.72. The fraction of sp³-hybridized carbons (Fsp3) is 0.300. The van der Waals surface area contributed by atoms with E-state index in [0.29, 0.717) is 18.7 Å². The molecule has 2 amide bonds. The highest BCUT2D eigenvalue weighted by atomic mass is 16.2. The van der Waals surface area contributed by atoms with Crippen molar-refractivity contribution in [1.82, 2.24) is 10.2 Å². The zero-order chi connectivity index (χ0) is 17.4. The average Bonchev–Trinajstić information content (AvgIpc) is 2.60. The van der Waals surface area contributed by atoms with Crippen LogP contribution in [-0.2, 0) is 11.3 Å². The Bertz CT molecular complexity index is 683. The summed E-state index contributed by atoms with van der Waals surface area (Å²) in [6, 6.07) is 17.2. The third kappa shape index (κ3) is 5.23.